The highest BCUT2D eigenvalue weighted by Gasteiger charge is 2.12. The van der Waals surface area contributed by atoms with E-state index in [1.807, 2.05) is 19.1 Å². The van der Waals surface area contributed by atoms with Crippen molar-refractivity contribution in [3.63, 3.8) is 0 Å². The quantitative estimate of drug-likeness (QED) is 0.596. The average Bonchev–Trinajstić information content (AvgIpc) is 2.68. The van der Waals surface area contributed by atoms with Gasteiger partial charge in [-0.2, -0.15) is 0 Å². The fraction of sp³-hybridized carbons (Fsp3) is 0.0833. The largest absolute Gasteiger partial charge is 0.423 e. The number of nitrogen functional groups attached to an aromatic ring is 1. The van der Waals surface area contributed by atoms with E-state index in [0.29, 0.717) is 17.1 Å². The SMILES string of the molecule is Cc1ccc(OC(=O)c2cc[nH]c2N)cc1. The van der Waals surface area contributed by atoms with Crippen molar-refractivity contribution in [2.75, 3.05) is 5.73 Å². The van der Waals surface area contributed by atoms with Gasteiger partial charge in [0, 0.05) is 6.20 Å². The van der Waals surface area contributed by atoms with Crippen LogP contribution >= 0.6 is 0 Å². The first-order valence-electron chi connectivity index (χ1n) is 4.88. The molecule has 4 nitrogen and oxygen atoms in total. The summed E-state index contributed by atoms with van der Waals surface area (Å²) in [6.45, 7) is 1.97. The molecular weight excluding hydrogens is 204 g/mol. The summed E-state index contributed by atoms with van der Waals surface area (Å²) in [6, 6.07) is 8.84. The number of anilines is 1. The van der Waals surface area contributed by atoms with Crippen molar-refractivity contribution < 1.29 is 9.53 Å². The van der Waals surface area contributed by atoms with E-state index in [9.17, 15) is 4.79 Å². The van der Waals surface area contributed by atoms with Gasteiger partial charge >= 0.3 is 5.97 Å². The highest BCUT2D eigenvalue weighted by atomic mass is 16.5. The molecule has 82 valence electrons. The number of aromatic nitrogens is 1. The van der Waals surface area contributed by atoms with Crippen LogP contribution in [0.25, 0.3) is 0 Å². The van der Waals surface area contributed by atoms with Gasteiger partial charge in [-0.05, 0) is 25.1 Å². The van der Waals surface area contributed by atoms with Crippen LogP contribution in [0.3, 0.4) is 0 Å². The summed E-state index contributed by atoms with van der Waals surface area (Å²) in [5.41, 5.74) is 7.02. The zero-order valence-electron chi connectivity index (χ0n) is 8.86. The maximum Gasteiger partial charge on any atom is 0.347 e. The third-order valence-corrected chi connectivity index (χ3v) is 2.23. The first-order valence-corrected chi connectivity index (χ1v) is 4.88. The van der Waals surface area contributed by atoms with E-state index in [-0.39, 0.29) is 0 Å². The average molecular weight is 216 g/mol. The molecule has 2 rings (SSSR count). The molecule has 1 aromatic carbocycles. The fourth-order valence-corrected chi connectivity index (χ4v) is 1.33. The van der Waals surface area contributed by atoms with Crippen LogP contribution < -0.4 is 10.5 Å². The summed E-state index contributed by atoms with van der Waals surface area (Å²) in [4.78, 5) is 14.4. The number of nitrogens with one attached hydrogen (secondary N) is 1. The number of carbonyl (C=O) groups excluding carboxylic acids is 1. The van der Waals surface area contributed by atoms with Crippen LogP contribution in [0, 0.1) is 6.92 Å². The van der Waals surface area contributed by atoms with Gasteiger partial charge in [-0.15, -0.1) is 0 Å². The minimum Gasteiger partial charge on any atom is -0.423 e. The summed E-state index contributed by atoms with van der Waals surface area (Å²) >= 11 is 0. The number of esters is 1. The smallest absolute Gasteiger partial charge is 0.347 e. The monoisotopic (exact) mass is 216 g/mol. The lowest BCUT2D eigenvalue weighted by Gasteiger charge is -2.03. The van der Waals surface area contributed by atoms with Gasteiger partial charge in [-0.3, -0.25) is 0 Å². The Hall–Kier alpha value is -2.23. The maximum absolute atomic E-state index is 11.7. The van der Waals surface area contributed by atoms with Gasteiger partial charge in [0.15, 0.2) is 0 Å². The Morgan fingerprint density at radius 2 is 1.94 bits per heavy atom. The first-order chi connectivity index (χ1) is 7.66. The lowest BCUT2D eigenvalue weighted by molar-refractivity contribution is 0.0736. The van der Waals surface area contributed by atoms with Crippen LogP contribution in [0.5, 0.6) is 5.75 Å². The molecule has 0 bridgehead atoms. The predicted octanol–water partition coefficient (Wildman–Crippen LogP) is 2.12. The van der Waals surface area contributed by atoms with Gasteiger partial charge in [0.1, 0.15) is 17.1 Å². The van der Waals surface area contributed by atoms with E-state index < -0.39 is 5.97 Å². The van der Waals surface area contributed by atoms with Crippen LogP contribution in [-0.4, -0.2) is 11.0 Å². The molecule has 0 amide bonds. The lowest BCUT2D eigenvalue weighted by atomic mass is 10.2. The van der Waals surface area contributed by atoms with Crippen molar-refractivity contribution in [2.24, 2.45) is 0 Å². The molecular formula is C12H12N2O2. The zero-order valence-corrected chi connectivity index (χ0v) is 8.86. The molecule has 0 saturated carbocycles. The van der Waals surface area contributed by atoms with Gasteiger partial charge in [0.05, 0.1) is 0 Å². The predicted molar refractivity (Wildman–Crippen MR) is 61.3 cm³/mol. The standard InChI is InChI=1S/C12H12N2O2/c1-8-2-4-9(5-3-8)16-12(15)10-6-7-14-11(10)13/h2-7,14H,13H2,1H3. The number of benzene rings is 1. The fourth-order valence-electron chi connectivity index (χ4n) is 1.33. The summed E-state index contributed by atoms with van der Waals surface area (Å²) in [5.74, 6) is 0.371. The van der Waals surface area contributed by atoms with Gasteiger partial charge in [0.25, 0.3) is 0 Å². The Kier molecular flexibility index (Phi) is 2.64. The molecule has 1 heterocycles. The van der Waals surface area contributed by atoms with E-state index in [1.54, 1.807) is 24.4 Å². The molecule has 0 aliphatic heterocycles. The molecule has 4 heteroatoms. The molecule has 0 aliphatic rings. The molecule has 1 aromatic heterocycles. The molecule has 16 heavy (non-hydrogen) atoms. The molecule has 0 atom stereocenters. The molecule has 2 aromatic rings. The summed E-state index contributed by atoms with van der Waals surface area (Å²) in [6.07, 6.45) is 1.60. The first kappa shape index (κ1) is 10.3. The summed E-state index contributed by atoms with van der Waals surface area (Å²) in [7, 11) is 0. The van der Waals surface area contributed by atoms with Crippen molar-refractivity contribution in [3.05, 3.63) is 47.7 Å². The number of carbonyl (C=O) groups is 1. The highest BCUT2D eigenvalue weighted by Crippen LogP contribution is 2.16. The molecule has 0 radical (unpaired) electrons. The molecule has 0 fully saturated rings. The summed E-state index contributed by atoms with van der Waals surface area (Å²) < 4.78 is 5.16. The number of ether oxygens (including phenoxy) is 1. The minimum atomic E-state index is -0.456. The van der Waals surface area contributed by atoms with Crippen molar-refractivity contribution >= 4 is 11.8 Å². The van der Waals surface area contributed by atoms with Crippen molar-refractivity contribution in [2.45, 2.75) is 6.92 Å². The second-order valence-electron chi connectivity index (χ2n) is 3.51. The van der Waals surface area contributed by atoms with Crippen LogP contribution in [-0.2, 0) is 0 Å². The number of H-pyrrole nitrogens is 1. The third kappa shape index (κ3) is 2.06. The highest BCUT2D eigenvalue weighted by molar-refractivity contribution is 5.95. The van der Waals surface area contributed by atoms with E-state index in [4.69, 9.17) is 10.5 Å². The number of aryl methyl sites for hydroxylation is 1. The number of nitrogens with two attached hydrogens (primary N) is 1. The van der Waals surface area contributed by atoms with Crippen LogP contribution in [0.1, 0.15) is 15.9 Å². The Balaban J connectivity index is 2.14. The van der Waals surface area contributed by atoms with Crippen LogP contribution in [0.2, 0.25) is 0 Å². The Bertz CT molecular complexity index is 500. The molecule has 0 spiro atoms. The van der Waals surface area contributed by atoms with E-state index >= 15 is 0 Å². The van der Waals surface area contributed by atoms with Crippen molar-refractivity contribution in [3.8, 4) is 5.75 Å². The maximum atomic E-state index is 11.7. The molecule has 3 N–H and O–H groups in total. The van der Waals surface area contributed by atoms with E-state index in [0.717, 1.165) is 5.56 Å². The number of rotatable bonds is 2. The number of hydrogen-bond acceptors (Lipinski definition) is 3. The Morgan fingerprint density at radius 1 is 1.25 bits per heavy atom. The second kappa shape index (κ2) is 4.10. The van der Waals surface area contributed by atoms with E-state index in [1.165, 1.54) is 0 Å². The molecule has 0 aliphatic carbocycles. The van der Waals surface area contributed by atoms with Crippen LogP contribution in [0.4, 0.5) is 5.82 Å². The number of aromatic amines is 1. The minimum absolute atomic E-state index is 0.317. The second-order valence-corrected chi connectivity index (χ2v) is 3.51. The van der Waals surface area contributed by atoms with Crippen molar-refractivity contribution in [1.29, 1.82) is 0 Å². The third-order valence-electron chi connectivity index (χ3n) is 2.23. The van der Waals surface area contributed by atoms with Crippen molar-refractivity contribution in [1.82, 2.24) is 4.98 Å². The normalized spacial score (nSPS) is 10.1. The van der Waals surface area contributed by atoms with Crippen LogP contribution in [0.15, 0.2) is 36.5 Å². The van der Waals surface area contributed by atoms with Gasteiger partial charge in [-0.25, -0.2) is 4.79 Å². The Morgan fingerprint density at radius 3 is 2.50 bits per heavy atom. The molecule has 0 saturated heterocycles. The van der Waals surface area contributed by atoms with Gasteiger partial charge in [0.2, 0.25) is 0 Å². The Labute approximate surface area is 93.0 Å². The topological polar surface area (TPSA) is 68.1 Å². The van der Waals surface area contributed by atoms with E-state index in [2.05, 4.69) is 4.98 Å². The van der Waals surface area contributed by atoms with Gasteiger partial charge < -0.3 is 15.5 Å². The zero-order chi connectivity index (χ0) is 11.5. The lowest BCUT2D eigenvalue weighted by Crippen LogP contribution is -2.09. The number of hydrogen-bond donors (Lipinski definition) is 2. The summed E-state index contributed by atoms with van der Waals surface area (Å²) in [5, 5.41) is 0. The molecule has 0 unspecified atom stereocenters. The van der Waals surface area contributed by atoms with Gasteiger partial charge in [-0.1, -0.05) is 17.7 Å².